The quantitative estimate of drug-likeness (QED) is 0.769. The number of nitrogens with two attached hydrogens (primary N) is 1. The van der Waals surface area contributed by atoms with Gasteiger partial charge in [0, 0.05) is 24.0 Å². The van der Waals surface area contributed by atoms with E-state index in [2.05, 4.69) is 17.3 Å². The second-order valence-electron chi connectivity index (χ2n) is 4.43. The topological polar surface area (TPSA) is 41.3 Å². The zero-order chi connectivity index (χ0) is 11.5. The number of nitrogens with one attached hydrogen (secondary N) is 1. The second-order valence-corrected chi connectivity index (χ2v) is 4.43. The molecule has 16 heavy (non-hydrogen) atoms. The monoisotopic (exact) mass is 223 g/mol. The van der Waals surface area contributed by atoms with E-state index in [4.69, 9.17) is 5.73 Å². The summed E-state index contributed by atoms with van der Waals surface area (Å²) in [4.78, 5) is 2.33. The van der Waals surface area contributed by atoms with Crippen molar-refractivity contribution in [3.8, 4) is 0 Å². The number of benzene rings is 1. The second kappa shape index (κ2) is 4.70. The van der Waals surface area contributed by atoms with Crippen LogP contribution in [0.2, 0.25) is 0 Å². The average Bonchev–Trinajstić information content (AvgIpc) is 2.59. The molecule has 1 saturated heterocycles. The minimum atomic E-state index is -0.290. The zero-order valence-electron chi connectivity index (χ0n) is 9.54. The van der Waals surface area contributed by atoms with E-state index in [1.54, 1.807) is 6.07 Å². The zero-order valence-corrected chi connectivity index (χ0v) is 9.54. The number of likely N-dealkylation sites (N-methyl/N-ethyl adjacent to an activating group) is 1. The highest BCUT2D eigenvalue weighted by atomic mass is 19.1. The molecule has 3 N–H and O–H groups in total. The molecule has 0 aromatic heterocycles. The molecule has 0 aliphatic carbocycles. The molecule has 0 amide bonds. The minimum Gasteiger partial charge on any atom is -0.399 e. The molecule has 88 valence electrons. The van der Waals surface area contributed by atoms with E-state index in [9.17, 15) is 4.39 Å². The van der Waals surface area contributed by atoms with Gasteiger partial charge in [-0.15, -0.1) is 0 Å². The molecular formula is C12H18FN3. The molecule has 3 nitrogen and oxygen atoms in total. The Morgan fingerprint density at radius 1 is 1.50 bits per heavy atom. The van der Waals surface area contributed by atoms with Gasteiger partial charge in [-0.3, -0.25) is 0 Å². The van der Waals surface area contributed by atoms with Gasteiger partial charge in [0.1, 0.15) is 5.82 Å². The molecule has 1 unspecified atom stereocenters. The Labute approximate surface area is 95.4 Å². The maximum Gasteiger partial charge on any atom is 0.127 e. The van der Waals surface area contributed by atoms with Crippen LogP contribution in [0.25, 0.3) is 0 Å². The largest absolute Gasteiger partial charge is 0.399 e. The maximum absolute atomic E-state index is 13.1. The first kappa shape index (κ1) is 11.2. The summed E-state index contributed by atoms with van der Waals surface area (Å²) >= 11 is 0. The van der Waals surface area contributed by atoms with Crippen molar-refractivity contribution in [3.63, 3.8) is 0 Å². The molecule has 1 fully saturated rings. The van der Waals surface area contributed by atoms with Crippen molar-refractivity contribution in [1.82, 2.24) is 4.90 Å². The van der Waals surface area contributed by atoms with E-state index < -0.39 is 0 Å². The lowest BCUT2D eigenvalue weighted by Crippen LogP contribution is -2.31. The molecular weight excluding hydrogens is 205 g/mol. The summed E-state index contributed by atoms with van der Waals surface area (Å²) in [5.74, 6) is -0.290. The van der Waals surface area contributed by atoms with E-state index in [0.717, 1.165) is 18.8 Å². The third-order valence-corrected chi connectivity index (χ3v) is 3.13. The fourth-order valence-electron chi connectivity index (χ4n) is 2.19. The molecule has 1 aliphatic rings. The molecule has 0 bridgehead atoms. The molecule has 0 radical (unpaired) electrons. The lowest BCUT2D eigenvalue weighted by atomic mass is 10.2. The molecule has 4 heteroatoms. The van der Waals surface area contributed by atoms with Gasteiger partial charge in [0.25, 0.3) is 0 Å². The fraction of sp³-hybridized carbons (Fsp3) is 0.500. The van der Waals surface area contributed by atoms with Gasteiger partial charge in [-0.05, 0) is 44.6 Å². The standard InChI is InChI=1S/C12H18FN3/c1-16-4-2-3-12(16)8-15-11-6-9(13)5-10(14)7-11/h5-7,12,15H,2-4,8,14H2,1H3. The van der Waals surface area contributed by atoms with Crippen LogP contribution >= 0.6 is 0 Å². The van der Waals surface area contributed by atoms with Crippen LogP contribution in [0.15, 0.2) is 18.2 Å². The highest BCUT2D eigenvalue weighted by molar-refractivity contribution is 5.54. The number of hydrogen-bond donors (Lipinski definition) is 2. The Balaban J connectivity index is 1.94. The summed E-state index contributed by atoms with van der Waals surface area (Å²) in [5, 5.41) is 3.24. The first-order valence-electron chi connectivity index (χ1n) is 5.65. The number of nitrogens with zero attached hydrogens (tertiary/aromatic N) is 1. The first-order valence-corrected chi connectivity index (χ1v) is 5.65. The molecule has 2 rings (SSSR count). The third-order valence-electron chi connectivity index (χ3n) is 3.13. The number of halogens is 1. The first-order chi connectivity index (χ1) is 7.65. The maximum atomic E-state index is 13.1. The molecule has 1 aromatic rings. The van der Waals surface area contributed by atoms with Crippen molar-refractivity contribution in [3.05, 3.63) is 24.0 Å². The van der Waals surface area contributed by atoms with Gasteiger partial charge in [0.2, 0.25) is 0 Å². The Kier molecular flexibility index (Phi) is 3.29. The van der Waals surface area contributed by atoms with Crippen LogP contribution in [0.3, 0.4) is 0 Å². The van der Waals surface area contributed by atoms with E-state index in [0.29, 0.717) is 11.7 Å². The summed E-state index contributed by atoms with van der Waals surface area (Å²) in [6, 6.07) is 5.11. The Morgan fingerprint density at radius 2 is 2.31 bits per heavy atom. The number of hydrogen-bond acceptors (Lipinski definition) is 3. The van der Waals surface area contributed by atoms with E-state index in [1.807, 2.05) is 0 Å². The van der Waals surface area contributed by atoms with Crippen LogP contribution in [-0.4, -0.2) is 31.1 Å². The van der Waals surface area contributed by atoms with Gasteiger partial charge in [-0.1, -0.05) is 0 Å². The molecule has 1 atom stereocenters. The van der Waals surface area contributed by atoms with Crippen LogP contribution < -0.4 is 11.1 Å². The minimum absolute atomic E-state index is 0.290. The van der Waals surface area contributed by atoms with Gasteiger partial charge in [0.15, 0.2) is 0 Å². The van der Waals surface area contributed by atoms with Gasteiger partial charge in [0.05, 0.1) is 0 Å². The van der Waals surface area contributed by atoms with Crippen molar-refractivity contribution in [1.29, 1.82) is 0 Å². The van der Waals surface area contributed by atoms with Crippen molar-refractivity contribution in [2.24, 2.45) is 0 Å². The fourth-order valence-corrected chi connectivity index (χ4v) is 2.19. The van der Waals surface area contributed by atoms with Crippen molar-refractivity contribution in [2.45, 2.75) is 18.9 Å². The Hall–Kier alpha value is -1.29. The Bertz CT molecular complexity index is 347. The summed E-state index contributed by atoms with van der Waals surface area (Å²) in [5.41, 5.74) is 6.80. The van der Waals surface area contributed by atoms with Crippen LogP contribution in [-0.2, 0) is 0 Å². The third kappa shape index (κ3) is 2.64. The Morgan fingerprint density at radius 3 is 2.94 bits per heavy atom. The van der Waals surface area contributed by atoms with E-state index >= 15 is 0 Å². The summed E-state index contributed by atoms with van der Waals surface area (Å²) in [7, 11) is 2.12. The molecule has 0 spiro atoms. The highest BCUT2D eigenvalue weighted by Gasteiger charge is 2.20. The van der Waals surface area contributed by atoms with Gasteiger partial charge in [-0.25, -0.2) is 4.39 Å². The number of rotatable bonds is 3. The van der Waals surface area contributed by atoms with Crippen LogP contribution in [0.4, 0.5) is 15.8 Å². The van der Waals surface area contributed by atoms with Crippen molar-refractivity contribution < 1.29 is 4.39 Å². The normalized spacial score (nSPS) is 21.2. The smallest absolute Gasteiger partial charge is 0.127 e. The summed E-state index contributed by atoms with van der Waals surface area (Å²) in [6.45, 7) is 2.00. The summed E-state index contributed by atoms with van der Waals surface area (Å²) in [6.07, 6.45) is 2.45. The molecule has 1 heterocycles. The molecule has 0 saturated carbocycles. The summed E-state index contributed by atoms with van der Waals surface area (Å²) < 4.78 is 13.1. The number of nitrogen functional groups attached to an aromatic ring is 1. The predicted octanol–water partition coefficient (Wildman–Crippen LogP) is 1.91. The average molecular weight is 223 g/mol. The van der Waals surface area contributed by atoms with Crippen LogP contribution in [0.5, 0.6) is 0 Å². The van der Waals surface area contributed by atoms with Gasteiger partial charge in [-0.2, -0.15) is 0 Å². The SMILES string of the molecule is CN1CCCC1CNc1cc(N)cc(F)c1. The van der Waals surface area contributed by atoms with Gasteiger partial charge >= 0.3 is 0 Å². The lowest BCUT2D eigenvalue weighted by Gasteiger charge is -2.20. The van der Waals surface area contributed by atoms with E-state index in [1.165, 1.54) is 25.0 Å². The predicted molar refractivity (Wildman–Crippen MR) is 65.0 cm³/mol. The van der Waals surface area contributed by atoms with Crippen molar-refractivity contribution >= 4 is 11.4 Å². The van der Waals surface area contributed by atoms with Crippen molar-refractivity contribution in [2.75, 3.05) is 31.2 Å². The van der Waals surface area contributed by atoms with Gasteiger partial charge < -0.3 is 16.0 Å². The molecule has 1 aliphatic heterocycles. The number of anilines is 2. The van der Waals surface area contributed by atoms with Crippen LogP contribution in [0.1, 0.15) is 12.8 Å². The van der Waals surface area contributed by atoms with E-state index in [-0.39, 0.29) is 5.82 Å². The molecule has 1 aromatic carbocycles. The lowest BCUT2D eigenvalue weighted by molar-refractivity contribution is 0.322. The van der Waals surface area contributed by atoms with Crippen LogP contribution in [0, 0.1) is 5.82 Å². The number of likely N-dealkylation sites (tertiary alicyclic amines) is 1. The highest BCUT2D eigenvalue weighted by Crippen LogP contribution is 2.18.